The molecule has 0 heterocycles. The molecule has 0 aliphatic carbocycles. The van der Waals surface area contributed by atoms with E-state index in [1.807, 2.05) is 20.8 Å². The lowest BCUT2D eigenvalue weighted by Gasteiger charge is -2.23. The number of amides is 1. The van der Waals surface area contributed by atoms with E-state index in [9.17, 15) is 22.8 Å². The molecule has 35 heavy (non-hydrogen) atoms. The average molecular weight is 614 g/mol. The zero-order valence-corrected chi connectivity index (χ0v) is 23.1. The van der Waals surface area contributed by atoms with Crippen LogP contribution in [0.15, 0.2) is 40.9 Å². The Bertz CT molecular complexity index is 1110. The first-order chi connectivity index (χ1) is 16.1. The number of alkyl halides is 3. The summed E-state index contributed by atoms with van der Waals surface area (Å²) < 4.78 is 41.7. The predicted octanol–water partition coefficient (Wildman–Crippen LogP) is 8.89. The molecular weight excluding hydrogens is 590 g/mol. The van der Waals surface area contributed by atoms with Crippen LogP contribution in [0.4, 0.5) is 13.2 Å². The molecule has 2 aromatic carbocycles. The number of ketones is 1. The molecule has 0 bridgehead atoms. The number of rotatable bonds is 9. The molecule has 10 heteroatoms. The van der Waals surface area contributed by atoms with Crippen LogP contribution in [-0.4, -0.2) is 24.4 Å². The van der Waals surface area contributed by atoms with Gasteiger partial charge in [0.25, 0.3) is 0 Å². The van der Waals surface area contributed by atoms with Gasteiger partial charge in [-0.3, -0.25) is 9.59 Å². The zero-order chi connectivity index (χ0) is 26.6. The van der Waals surface area contributed by atoms with Gasteiger partial charge in [0, 0.05) is 29.4 Å². The number of Topliss-reactive ketones (excluding diaryl/α,β-unsaturated/α-hetero) is 1. The first kappa shape index (κ1) is 29.7. The molecule has 3 nitrogen and oxygen atoms in total. The van der Waals surface area contributed by atoms with Gasteiger partial charge in [0.15, 0.2) is 5.78 Å². The number of halogens is 7. The summed E-state index contributed by atoms with van der Waals surface area (Å²) in [6.45, 7) is 5.99. The topological polar surface area (TPSA) is 46.2 Å². The Morgan fingerprint density at radius 1 is 1.06 bits per heavy atom. The number of benzene rings is 2. The van der Waals surface area contributed by atoms with Gasteiger partial charge in [-0.2, -0.15) is 13.2 Å². The van der Waals surface area contributed by atoms with Crippen molar-refractivity contribution < 1.29 is 22.8 Å². The summed E-state index contributed by atoms with van der Waals surface area (Å²) in [6.07, 6.45) is -1.96. The van der Waals surface area contributed by atoms with Crippen LogP contribution in [0.5, 0.6) is 0 Å². The van der Waals surface area contributed by atoms with Gasteiger partial charge in [-0.25, -0.2) is 0 Å². The quantitative estimate of drug-likeness (QED) is 0.227. The Kier molecular flexibility index (Phi) is 10.3. The van der Waals surface area contributed by atoms with Crippen LogP contribution in [-0.2, 0) is 4.79 Å². The van der Waals surface area contributed by atoms with Gasteiger partial charge in [-0.05, 0) is 47.7 Å². The molecule has 0 aromatic heterocycles. The smallest absolute Gasteiger partial charge is 0.356 e. The molecule has 0 saturated carbocycles. The van der Waals surface area contributed by atoms with Crippen molar-refractivity contribution in [2.75, 3.05) is 6.54 Å². The van der Waals surface area contributed by atoms with E-state index in [2.05, 4.69) is 21.2 Å². The molecular formula is C25H24BrCl3F3NO2. The normalized spacial score (nSPS) is 13.2. The first-order valence-electron chi connectivity index (χ1n) is 10.6. The highest BCUT2D eigenvalue weighted by Gasteiger charge is 2.39. The van der Waals surface area contributed by atoms with Gasteiger partial charge in [-0.15, -0.1) is 0 Å². The Balaban J connectivity index is 2.25. The maximum Gasteiger partial charge on any atom is 0.399 e. The van der Waals surface area contributed by atoms with Crippen molar-refractivity contribution in [3.63, 3.8) is 0 Å². The first-order valence-corrected chi connectivity index (χ1v) is 12.6. The molecule has 1 unspecified atom stereocenters. The average Bonchev–Trinajstić information content (AvgIpc) is 2.70. The van der Waals surface area contributed by atoms with Gasteiger partial charge in [0.1, 0.15) is 0 Å². The van der Waals surface area contributed by atoms with E-state index in [1.54, 1.807) is 18.2 Å². The Labute approximate surface area is 226 Å². The molecule has 2 aromatic rings. The summed E-state index contributed by atoms with van der Waals surface area (Å²) in [5.74, 6) is -2.28. The maximum absolute atomic E-state index is 13.8. The Morgan fingerprint density at radius 2 is 1.66 bits per heavy atom. The highest BCUT2D eigenvalue weighted by atomic mass is 79.9. The molecule has 1 N–H and O–H groups in total. The summed E-state index contributed by atoms with van der Waals surface area (Å²) in [7, 11) is 0. The summed E-state index contributed by atoms with van der Waals surface area (Å²) in [5, 5.41) is 2.56. The second kappa shape index (κ2) is 12.1. The van der Waals surface area contributed by atoms with E-state index in [0.29, 0.717) is 22.1 Å². The fraction of sp³-hybridized carbons (Fsp3) is 0.360. The van der Waals surface area contributed by atoms with Crippen LogP contribution in [0.3, 0.4) is 0 Å². The maximum atomic E-state index is 13.8. The van der Waals surface area contributed by atoms with Crippen molar-refractivity contribution >= 4 is 68.5 Å². The van der Waals surface area contributed by atoms with Crippen LogP contribution in [0.25, 0.3) is 6.08 Å². The second-order valence-corrected chi connectivity index (χ2v) is 10.9. The highest BCUT2D eigenvalue weighted by molar-refractivity contribution is 9.10. The van der Waals surface area contributed by atoms with Crippen LogP contribution in [0, 0.1) is 5.41 Å². The minimum absolute atomic E-state index is 0.0136. The molecule has 2 rings (SSSR count). The summed E-state index contributed by atoms with van der Waals surface area (Å²) in [4.78, 5) is 24.7. The number of nitrogens with one attached hydrogen (secondary N) is 1. The molecule has 0 saturated heterocycles. The van der Waals surface area contributed by atoms with E-state index < -0.39 is 17.5 Å². The largest absolute Gasteiger partial charge is 0.399 e. The van der Waals surface area contributed by atoms with Gasteiger partial charge in [0.2, 0.25) is 5.91 Å². The van der Waals surface area contributed by atoms with Crippen LogP contribution in [0.2, 0.25) is 15.1 Å². The van der Waals surface area contributed by atoms with Crippen molar-refractivity contribution in [1.82, 2.24) is 5.32 Å². The molecule has 0 spiro atoms. The van der Waals surface area contributed by atoms with Crippen LogP contribution < -0.4 is 5.32 Å². The lowest BCUT2D eigenvalue weighted by atomic mass is 9.82. The fourth-order valence-electron chi connectivity index (χ4n) is 3.52. The molecule has 0 radical (unpaired) electrons. The van der Waals surface area contributed by atoms with Crippen molar-refractivity contribution in [3.05, 3.63) is 72.6 Å². The van der Waals surface area contributed by atoms with Crippen LogP contribution in [0.1, 0.15) is 61.0 Å². The molecule has 190 valence electrons. The third-order valence-corrected chi connectivity index (χ3v) is 7.00. The van der Waals surface area contributed by atoms with Gasteiger partial charge in [0.05, 0.1) is 21.0 Å². The number of hydrogen-bond donors (Lipinski definition) is 1. The lowest BCUT2D eigenvalue weighted by Crippen LogP contribution is -2.30. The van der Waals surface area contributed by atoms with E-state index in [1.165, 1.54) is 6.08 Å². The molecule has 0 aliphatic rings. The van der Waals surface area contributed by atoms with E-state index in [0.717, 1.165) is 18.2 Å². The number of hydrogen-bond acceptors (Lipinski definition) is 2. The minimum Gasteiger partial charge on any atom is -0.356 e. The van der Waals surface area contributed by atoms with Crippen molar-refractivity contribution in [1.29, 1.82) is 0 Å². The molecule has 0 fully saturated rings. The van der Waals surface area contributed by atoms with E-state index in [-0.39, 0.29) is 45.2 Å². The lowest BCUT2D eigenvalue weighted by molar-refractivity contribution is -0.139. The third kappa shape index (κ3) is 8.52. The zero-order valence-electron chi connectivity index (χ0n) is 19.2. The highest BCUT2D eigenvalue weighted by Crippen LogP contribution is 2.41. The summed E-state index contributed by atoms with van der Waals surface area (Å²) in [6, 6.07) is 6.94. The van der Waals surface area contributed by atoms with Gasteiger partial charge >= 0.3 is 6.18 Å². The van der Waals surface area contributed by atoms with E-state index >= 15 is 0 Å². The number of allylic oxidation sites excluding steroid dienone is 1. The summed E-state index contributed by atoms with van der Waals surface area (Å²) >= 11 is 21.0. The Morgan fingerprint density at radius 3 is 2.17 bits per heavy atom. The predicted molar refractivity (Wildman–Crippen MR) is 139 cm³/mol. The van der Waals surface area contributed by atoms with Crippen LogP contribution >= 0.6 is 50.7 Å². The number of carbonyl (C=O) groups is 2. The summed E-state index contributed by atoms with van der Waals surface area (Å²) in [5.41, 5.74) is 0.133. The SMILES string of the molecule is CCNC(=O)CC(C)(C)CC(=O)c1ccc(/C=C/C(c2cc(Cl)c(Cl)c(Cl)c2)C(F)(F)F)cc1Br. The molecule has 1 atom stereocenters. The third-order valence-electron chi connectivity index (χ3n) is 5.14. The van der Waals surface area contributed by atoms with Crippen molar-refractivity contribution in [3.8, 4) is 0 Å². The Hall–Kier alpha value is -1.54. The molecule has 0 aliphatic heterocycles. The van der Waals surface area contributed by atoms with Crippen molar-refractivity contribution in [2.24, 2.45) is 5.41 Å². The monoisotopic (exact) mass is 611 g/mol. The second-order valence-electron chi connectivity index (χ2n) is 8.81. The minimum atomic E-state index is -4.60. The number of carbonyl (C=O) groups excluding carboxylic acids is 2. The van der Waals surface area contributed by atoms with E-state index in [4.69, 9.17) is 34.8 Å². The van der Waals surface area contributed by atoms with Gasteiger partial charge < -0.3 is 5.32 Å². The van der Waals surface area contributed by atoms with Crippen molar-refractivity contribution in [2.45, 2.75) is 45.7 Å². The fourth-order valence-corrected chi connectivity index (χ4v) is 4.75. The standard InChI is InChI=1S/C25H24BrCl3F3NO2/c1-4-33-22(35)13-24(2,3)12-21(34)16-7-5-14(9-18(16)26)6-8-17(25(30,31)32)15-10-19(27)23(29)20(28)11-15/h5-11,17H,4,12-13H2,1-3H3,(H,33,35)/b8-6+. The molecule has 1 amide bonds. The van der Waals surface area contributed by atoms with Gasteiger partial charge in [-0.1, -0.05) is 82.8 Å².